The lowest BCUT2D eigenvalue weighted by molar-refractivity contribution is -0.143. The van der Waals surface area contributed by atoms with Gasteiger partial charge in [-0.25, -0.2) is 4.39 Å². The summed E-state index contributed by atoms with van der Waals surface area (Å²) in [5.74, 6) is -1.15. The molecule has 1 aromatic carbocycles. The van der Waals surface area contributed by atoms with Crippen LogP contribution >= 0.6 is 0 Å². The molecule has 4 nitrogen and oxygen atoms in total. The monoisotopic (exact) mass is 357 g/mol. The highest BCUT2D eigenvalue weighted by Gasteiger charge is 2.37. The van der Waals surface area contributed by atoms with Gasteiger partial charge in [0, 0.05) is 5.56 Å². The third-order valence-electron chi connectivity index (χ3n) is 2.98. The van der Waals surface area contributed by atoms with E-state index in [0.717, 1.165) is 0 Å². The fourth-order valence-corrected chi connectivity index (χ4v) is 1.83. The first kappa shape index (κ1) is 18.2. The molecule has 0 aliphatic carbocycles. The maximum Gasteiger partial charge on any atom is 0.416 e. The molecular weight excluding hydrogens is 347 g/mol. The molecule has 11 heteroatoms. The van der Waals surface area contributed by atoms with Crippen molar-refractivity contribution in [2.24, 2.45) is 5.73 Å². The number of rotatable bonds is 4. The zero-order valence-electron chi connectivity index (χ0n) is 11.7. The maximum absolute atomic E-state index is 13.6. The third-order valence-corrected chi connectivity index (χ3v) is 2.98. The van der Waals surface area contributed by atoms with Gasteiger partial charge in [-0.15, -0.1) is 0 Å². The molecule has 0 bridgehead atoms. The molecule has 2 rings (SSSR count). The van der Waals surface area contributed by atoms with Gasteiger partial charge in [-0.05, 0) is 31.2 Å². The lowest BCUT2D eigenvalue weighted by atomic mass is 10.0. The molecule has 2 N–H and O–H groups in total. The van der Waals surface area contributed by atoms with Gasteiger partial charge in [-0.1, -0.05) is 5.16 Å². The second-order valence-electron chi connectivity index (χ2n) is 4.80. The third kappa shape index (κ3) is 4.02. The predicted octanol–water partition coefficient (Wildman–Crippen LogP) is 4.13. The van der Waals surface area contributed by atoms with E-state index in [0.29, 0.717) is 12.1 Å². The Morgan fingerprint density at radius 3 is 2.00 bits per heavy atom. The van der Waals surface area contributed by atoms with Crippen molar-refractivity contribution in [1.29, 1.82) is 0 Å². The van der Waals surface area contributed by atoms with E-state index >= 15 is 0 Å². The number of aromatic nitrogens is 2. The van der Waals surface area contributed by atoms with Gasteiger partial charge in [-0.2, -0.15) is 31.3 Å². The average Bonchev–Trinajstić information content (AvgIpc) is 2.95. The van der Waals surface area contributed by atoms with Crippen LogP contribution in [0.3, 0.4) is 0 Å². The fourth-order valence-electron chi connectivity index (χ4n) is 1.83. The molecule has 1 aromatic heterocycles. The highest BCUT2D eigenvalue weighted by atomic mass is 19.4. The van der Waals surface area contributed by atoms with Gasteiger partial charge in [0.2, 0.25) is 5.82 Å². The SMILES string of the molecule is NCCC(F)c1nc(-c2cc(C(F)(F)F)cc(C(F)(F)F)c2)no1. The Labute approximate surface area is 130 Å². The smallest absolute Gasteiger partial charge is 0.336 e. The van der Waals surface area contributed by atoms with Crippen molar-refractivity contribution in [1.82, 2.24) is 10.1 Å². The van der Waals surface area contributed by atoms with E-state index in [9.17, 15) is 30.7 Å². The van der Waals surface area contributed by atoms with Gasteiger partial charge in [0.1, 0.15) is 0 Å². The quantitative estimate of drug-likeness (QED) is 0.836. The molecule has 24 heavy (non-hydrogen) atoms. The molecule has 0 aliphatic heterocycles. The summed E-state index contributed by atoms with van der Waals surface area (Å²) >= 11 is 0. The Bertz CT molecular complexity index is 676. The van der Waals surface area contributed by atoms with Gasteiger partial charge in [0.25, 0.3) is 5.89 Å². The summed E-state index contributed by atoms with van der Waals surface area (Å²) in [6, 6.07) is 0.830. The van der Waals surface area contributed by atoms with E-state index in [-0.39, 0.29) is 19.0 Å². The van der Waals surface area contributed by atoms with Crippen LogP contribution in [0.1, 0.15) is 29.6 Å². The molecule has 132 valence electrons. The summed E-state index contributed by atoms with van der Waals surface area (Å²) in [7, 11) is 0. The van der Waals surface area contributed by atoms with Gasteiger partial charge >= 0.3 is 12.4 Å². The molecule has 0 fully saturated rings. The lowest BCUT2D eigenvalue weighted by Crippen LogP contribution is -2.11. The van der Waals surface area contributed by atoms with Crippen molar-refractivity contribution in [2.75, 3.05) is 6.54 Å². The second-order valence-corrected chi connectivity index (χ2v) is 4.80. The largest absolute Gasteiger partial charge is 0.416 e. The van der Waals surface area contributed by atoms with Crippen molar-refractivity contribution >= 4 is 0 Å². The Hall–Kier alpha value is -2.17. The molecule has 1 unspecified atom stereocenters. The first-order valence-electron chi connectivity index (χ1n) is 6.50. The minimum atomic E-state index is -5.01. The topological polar surface area (TPSA) is 64.9 Å². The molecule has 0 saturated carbocycles. The van der Waals surface area contributed by atoms with Crippen molar-refractivity contribution in [2.45, 2.75) is 24.9 Å². The first-order valence-corrected chi connectivity index (χ1v) is 6.50. The Morgan fingerprint density at radius 2 is 1.54 bits per heavy atom. The van der Waals surface area contributed by atoms with Gasteiger partial charge in [0.15, 0.2) is 6.17 Å². The molecule has 0 spiro atoms. The van der Waals surface area contributed by atoms with Crippen LogP contribution in [-0.4, -0.2) is 16.7 Å². The highest BCUT2D eigenvalue weighted by molar-refractivity contribution is 5.58. The van der Waals surface area contributed by atoms with E-state index < -0.39 is 46.9 Å². The van der Waals surface area contributed by atoms with Crippen LogP contribution < -0.4 is 5.73 Å². The normalized spacial score (nSPS) is 14.0. The van der Waals surface area contributed by atoms with Crippen LogP contribution in [0.15, 0.2) is 22.7 Å². The lowest BCUT2D eigenvalue weighted by Gasteiger charge is -2.12. The molecule has 0 radical (unpaired) electrons. The number of benzene rings is 1. The summed E-state index contributed by atoms with van der Waals surface area (Å²) < 4.78 is 94.8. The Morgan fingerprint density at radius 1 is 1.00 bits per heavy atom. The molecule has 0 amide bonds. The van der Waals surface area contributed by atoms with Crippen LogP contribution in [-0.2, 0) is 12.4 Å². The number of hydrogen-bond donors (Lipinski definition) is 1. The molecular formula is C13H10F7N3O. The Balaban J connectivity index is 2.50. The van der Waals surface area contributed by atoms with Crippen molar-refractivity contribution in [3.8, 4) is 11.4 Å². The predicted molar refractivity (Wildman–Crippen MR) is 67.3 cm³/mol. The van der Waals surface area contributed by atoms with Crippen LogP contribution in [0.4, 0.5) is 30.7 Å². The van der Waals surface area contributed by atoms with Crippen LogP contribution in [0, 0.1) is 0 Å². The Kier molecular flexibility index (Phi) is 4.83. The average molecular weight is 357 g/mol. The van der Waals surface area contributed by atoms with E-state index in [1.807, 2.05) is 0 Å². The zero-order chi connectivity index (χ0) is 18.1. The van der Waals surface area contributed by atoms with E-state index in [1.54, 1.807) is 0 Å². The highest BCUT2D eigenvalue weighted by Crippen LogP contribution is 2.38. The number of nitrogens with two attached hydrogens (primary N) is 1. The first-order chi connectivity index (χ1) is 11.0. The molecule has 1 atom stereocenters. The second kappa shape index (κ2) is 6.38. The van der Waals surface area contributed by atoms with E-state index in [2.05, 4.69) is 14.7 Å². The summed E-state index contributed by atoms with van der Waals surface area (Å²) in [5.41, 5.74) is 1.49. The molecule has 0 aliphatic rings. The van der Waals surface area contributed by atoms with Crippen molar-refractivity contribution in [3.05, 3.63) is 35.2 Å². The van der Waals surface area contributed by atoms with Crippen molar-refractivity contribution < 1.29 is 35.3 Å². The molecule has 0 saturated heterocycles. The van der Waals surface area contributed by atoms with E-state index in [1.165, 1.54) is 0 Å². The van der Waals surface area contributed by atoms with Crippen LogP contribution in [0.2, 0.25) is 0 Å². The van der Waals surface area contributed by atoms with Crippen molar-refractivity contribution in [3.63, 3.8) is 0 Å². The van der Waals surface area contributed by atoms with Gasteiger partial charge in [-0.3, -0.25) is 0 Å². The molecule has 2 aromatic rings. The summed E-state index contributed by atoms with van der Waals surface area (Å²) in [5, 5.41) is 3.23. The standard InChI is InChI=1S/C13H10F7N3O/c14-9(1-2-21)11-22-10(23-24-11)6-3-7(12(15,16)17)5-8(4-6)13(18,19)20/h3-5,9H,1-2,21H2. The number of hydrogen-bond acceptors (Lipinski definition) is 4. The molecule has 1 heterocycles. The maximum atomic E-state index is 13.6. The summed E-state index contributed by atoms with van der Waals surface area (Å²) in [6.07, 6.45) is -12.0. The van der Waals surface area contributed by atoms with E-state index in [4.69, 9.17) is 5.73 Å². The summed E-state index contributed by atoms with van der Waals surface area (Å²) in [6.45, 7) is -0.0549. The zero-order valence-corrected chi connectivity index (χ0v) is 11.7. The van der Waals surface area contributed by atoms with Gasteiger partial charge < -0.3 is 10.3 Å². The minimum Gasteiger partial charge on any atom is -0.336 e. The number of nitrogens with zero attached hydrogens (tertiary/aromatic N) is 2. The van der Waals surface area contributed by atoms with Crippen LogP contribution in [0.25, 0.3) is 11.4 Å². The number of halogens is 7. The summed E-state index contributed by atoms with van der Waals surface area (Å²) in [4.78, 5) is 3.50. The minimum absolute atomic E-state index is 0.0309. The van der Waals surface area contributed by atoms with Gasteiger partial charge in [0.05, 0.1) is 11.1 Å². The fraction of sp³-hybridized carbons (Fsp3) is 0.385. The number of alkyl halides is 7. The van der Waals surface area contributed by atoms with Crippen LogP contribution in [0.5, 0.6) is 0 Å².